The summed E-state index contributed by atoms with van der Waals surface area (Å²) in [6, 6.07) is 5.74. The second-order valence-electron chi connectivity index (χ2n) is 4.14. The zero-order valence-corrected chi connectivity index (χ0v) is 9.65. The van der Waals surface area contributed by atoms with E-state index in [1.54, 1.807) is 12.1 Å². The third-order valence-corrected chi connectivity index (χ3v) is 2.55. The molecule has 0 heterocycles. The molecule has 2 rings (SSSR count). The Morgan fingerprint density at radius 3 is 2.44 bits per heavy atom. The van der Waals surface area contributed by atoms with Gasteiger partial charge in [-0.25, -0.2) is 4.39 Å². The van der Waals surface area contributed by atoms with Crippen molar-refractivity contribution in [1.29, 1.82) is 0 Å². The molecule has 1 saturated carbocycles. The Morgan fingerprint density at radius 2 is 1.83 bits per heavy atom. The molecule has 94 valence electrons. The van der Waals surface area contributed by atoms with Gasteiger partial charge in [-0.3, -0.25) is 20.4 Å². The molecular weight excluding hydrogens is 235 g/mol. The van der Waals surface area contributed by atoms with Gasteiger partial charge in [-0.1, -0.05) is 12.1 Å². The summed E-state index contributed by atoms with van der Waals surface area (Å²) in [4.78, 5) is 22.6. The maximum Gasteiger partial charge on any atom is 0.262 e. The van der Waals surface area contributed by atoms with Gasteiger partial charge in [0.05, 0.1) is 0 Å². The lowest BCUT2D eigenvalue weighted by atomic mass is 10.2. The van der Waals surface area contributed by atoms with Gasteiger partial charge in [-0.2, -0.15) is 0 Å². The van der Waals surface area contributed by atoms with Crippen molar-refractivity contribution < 1.29 is 14.0 Å². The van der Waals surface area contributed by atoms with Crippen LogP contribution in [0.4, 0.5) is 4.39 Å². The molecule has 0 aliphatic heterocycles. The summed E-state index contributed by atoms with van der Waals surface area (Å²) in [7, 11) is 0. The van der Waals surface area contributed by atoms with Crippen LogP contribution in [0.1, 0.15) is 18.4 Å². The molecule has 1 aromatic carbocycles. The first-order chi connectivity index (χ1) is 8.65. The third kappa shape index (κ3) is 3.69. The third-order valence-electron chi connectivity index (χ3n) is 2.55. The molecule has 0 spiro atoms. The molecule has 0 saturated heterocycles. The van der Waals surface area contributed by atoms with Crippen LogP contribution >= 0.6 is 0 Å². The molecule has 18 heavy (non-hydrogen) atoms. The van der Waals surface area contributed by atoms with Gasteiger partial charge in [-0.15, -0.1) is 0 Å². The number of nitrogens with one attached hydrogen (secondary N) is 2. The van der Waals surface area contributed by atoms with Crippen LogP contribution in [0.3, 0.4) is 0 Å². The van der Waals surface area contributed by atoms with Crippen molar-refractivity contribution in [2.45, 2.75) is 12.8 Å². The first-order valence-corrected chi connectivity index (χ1v) is 5.68. The predicted molar refractivity (Wildman–Crippen MR) is 64.4 cm³/mol. The fourth-order valence-electron chi connectivity index (χ4n) is 1.36. The Bertz CT molecular complexity index is 478. The standard InChI is InChI=1S/C13H13FN2O2/c14-11-6-1-9(2-7-11)3-8-12(17)15-16-13(18)10-4-5-10/h1-3,6-8,10H,4-5H2,(H,15,17)(H,16,18). The molecule has 4 nitrogen and oxygen atoms in total. The molecule has 0 radical (unpaired) electrons. The van der Waals surface area contributed by atoms with E-state index in [1.165, 1.54) is 24.3 Å². The van der Waals surface area contributed by atoms with Crippen LogP contribution in [0.25, 0.3) is 6.08 Å². The number of hydrazine groups is 1. The minimum absolute atomic E-state index is 0.0476. The highest BCUT2D eigenvalue weighted by Crippen LogP contribution is 2.28. The number of halogens is 1. The molecule has 1 aliphatic rings. The molecule has 0 bridgehead atoms. The minimum atomic E-state index is -0.423. The number of rotatable bonds is 3. The maximum absolute atomic E-state index is 12.6. The van der Waals surface area contributed by atoms with E-state index in [0.717, 1.165) is 12.8 Å². The Labute approximate surface area is 104 Å². The average Bonchev–Trinajstić information content (AvgIpc) is 3.19. The van der Waals surface area contributed by atoms with Crippen molar-refractivity contribution in [2.24, 2.45) is 5.92 Å². The molecule has 0 aromatic heterocycles. The van der Waals surface area contributed by atoms with Crippen LogP contribution in [0, 0.1) is 11.7 Å². The zero-order valence-electron chi connectivity index (χ0n) is 9.65. The van der Waals surface area contributed by atoms with Crippen LogP contribution in [0.5, 0.6) is 0 Å². The van der Waals surface area contributed by atoms with Crippen LogP contribution < -0.4 is 10.9 Å². The second-order valence-corrected chi connectivity index (χ2v) is 4.14. The first-order valence-electron chi connectivity index (χ1n) is 5.68. The highest BCUT2D eigenvalue weighted by molar-refractivity contribution is 5.93. The molecule has 0 unspecified atom stereocenters. The summed E-state index contributed by atoms with van der Waals surface area (Å²) in [5.74, 6) is -0.855. The van der Waals surface area contributed by atoms with E-state index >= 15 is 0 Å². The number of carbonyl (C=O) groups is 2. The molecule has 2 N–H and O–H groups in total. The second kappa shape index (κ2) is 5.44. The summed E-state index contributed by atoms with van der Waals surface area (Å²) in [5.41, 5.74) is 5.33. The Hall–Kier alpha value is -2.17. The summed E-state index contributed by atoms with van der Waals surface area (Å²) < 4.78 is 12.6. The number of hydrogen-bond acceptors (Lipinski definition) is 2. The van der Waals surface area contributed by atoms with E-state index in [-0.39, 0.29) is 17.6 Å². The number of hydrogen-bond donors (Lipinski definition) is 2. The number of amides is 2. The van der Waals surface area contributed by atoms with Crippen LogP contribution in [-0.4, -0.2) is 11.8 Å². The van der Waals surface area contributed by atoms with E-state index in [0.29, 0.717) is 5.56 Å². The molecule has 1 fully saturated rings. The smallest absolute Gasteiger partial charge is 0.262 e. The van der Waals surface area contributed by atoms with E-state index < -0.39 is 5.91 Å². The van der Waals surface area contributed by atoms with Crippen LogP contribution in [-0.2, 0) is 9.59 Å². The first kappa shape index (κ1) is 12.3. The number of carbonyl (C=O) groups excluding carboxylic acids is 2. The van der Waals surface area contributed by atoms with Crippen molar-refractivity contribution in [2.75, 3.05) is 0 Å². The van der Waals surface area contributed by atoms with Crippen LogP contribution in [0.2, 0.25) is 0 Å². The SMILES string of the molecule is O=C(C=Cc1ccc(F)cc1)NNC(=O)C1CC1. The van der Waals surface area contributed by atoms with Gasteiger partial charge in [0.15, 0.2) is 0 Å². The van der Waals surface area contributed by atoms with Gasteiger partial charge in [0.25, 0.3) is 5.91 Å². The fourth-order valence-corrected chi connectivity index (χ4v) is 1.36. The molecule has 1 aromatic rings. The average molecular weight is 248 g/mol. The monoisotopic (exact) mass is 248 g/mol. The molecule has 0 atom stereocenters. The number of benzene rings is 1. The van der Waals surface area contributed by atoms with Crippen molar-refractivity contribution in [1.82, 2.24) is 10.9 Å². The molecular formula is C13H13FN2O2. The van der Waals surface area contributed by atoms with E-state index in [4.69, 9.17) is 0 Å². The summed E-state index contributed by atoms with van der Waals surface area (Å²) in [6.07, 6.45) is 4.58. The highest BCUT2D eigenvalue weighted by Gasteiger charge is 2.29. The molecule has 1 aliphatic carbocycles. The van der Waals surface area contributed by atoms with E-state index in [2.05, 4.69) is 10.9 Å². The van der Waals surface area contributed by atoms with Crippen molar-refractivity contribution in [3.8, 4) is 0 Å². The summed E-state index contributed by atoms with van der Waals surface area (Å²) >= 11 is 0. The van der Waals surface area contributed by atoms with Gasteiger partial charge >= 0.3 is 0 Å². The van der Waals surface area contributed by atoms with Gasteiger partial charge in [0, 0.05) is 12.0 Å². The molecule has 5 heteroatoms. The van der Waals surface area contributed by atoms with Gasteiger partial charge in [-0.05, 0) is 36.6 Å². The quantitative estimate of drug-likeness (QED) is 0.627. The van der Waals surface area contributed by atoms with Gasteiger partial charge in [0.1, 0.15) is 5.82 Å². The largest absolute Gasteiger partial charge is 0.273 e. The highest BCUT2D eigenvalue weighted by atomic mass is 19.1. The van der Waals surface area contributed by atoms with Gasteiger partial charge in [0.2, 0.25) is 5.91 Å². The lowest BCUT2D eigenvalue weighted by Gasteiger charge is -2.03. The Kier molecular flexibility index (Phi) is 3.72. The normalized spacial score (nSPS) is 14.5. The maximum atomic E-state index is 12.6. The van der Waals surface area contributed by atoms with Crippen molar-refractivity contribution >= 4 is 17.9 Å². The Balaban J connectivity index is 1.79. The Morgan fingerprint density at radius 1 is 1.17 bits per heavy atom. The van der Waals surface area contributed by atoms with Crippen molar-refractivity contribution in [3.63, 3.8) is 0 Å². The topological polar surface area (TPSA) is 58.2 Å². The van der Waals surface area contributed by atoms with E-state index in [1.807, 2.05) is 0 Å². The fraction of sp³-hybridized carbons (Fsp3) is 0.231. The summed E-state index contributed by atoms with van der Waals surface area (Å²) in [6.45, 7) is 0. The zero-order chi connectivity index (χ0) is 13.0. The van der Waals surface area contributed by atoms with Gasteiger partial charge < -0.3 is 0 Å². The van der Waals surface area contributed by atoms with Crippen molar-refractivity contribution in [3.05, 3.63) is 41.7 Å². The summed E-state index contributed by atoms with van der Waals surface area (Å²) in [5, 5.41) is 0. The lowest BCUT2D eigenvalue weighted by Crippen LogP contribution is -2.41. The predicted octanol–water partition coefficient (Wildman–Crippen LogP) is 1.40. The molecule has 2 amide bonds. The van der Waals surface area contributed by atoms with Crippen LogP contribution in [0.15, 0.2) is 30.3 Å². The minimum Gasteiger partial charge on any atom is -0.273 e. The lowest BCUT2D eigenvalue weighted by molar-refractivity contribution is -0.127. The van der Waals surface area contributed by atoms with E-state index in [9.17, 15) is 14.0 Å².